The predicted octanol–water partition coefficient (Wildman–Crippen LogP) is 3.87. The van der Waals surface area contributed by atoms with Gasteiger partial charge in [0.2, 0.25) is 5.91 Å². The highest BCUT2D eigenvalue weighted by Gasteiger charge is 2.13. The summed E-state index contributed by atoms with van der Waals surface area (Å²) in [4.78, 5) is 13.8. The molecule has 0 spiro atoms. The van der Waals surface area contributed by atoms with E-state index in [1.54, 1.807) is 49.5 Å². The van der Waals surface area contributed by atoms with E-state index in [0.29, 0.717) is 11.3 Å². The minimum Gasteiger partial charge on any atom is -0.493 e. The second-order valence-corrected chi connectivity index (χ2v) is 5.91. The standard InChI is InChI=1S/C21H20F2N2O4/c1-25(14-16-5-9-18(29-21(22)23)19(13-16)27-2)20(26)10-6-15-3-7-17(8-4-15)28-12-11-24/h3-10,13,21H,12,14H2,1-2H3/b10-6+. The number of likely N-dealkylation sites (N-methyl/N-ethyl adjacent to an activating group) is 1. The fourth-order valence-electron chi connectivity index (χ4n) is 2.44. The molecule has 2 rings (SSSR count). The maximum Gasteiger partial charge on any atom is 0.387 e. The first-order valence-electron chi connectivity index (χ1n) is 8.57. The molecule has 0 aliphatic rings. The van der Waals surface area contributed by atoms with Gasteiger partial charge in [-0.05, 0) is 41.5 Å². The summed E-state index contributed by atoms with van der Waals surface area (Å²) in [6.45, 7) is -2.72. The lowest BCUT2D eigenvalue weighted by Crippen LogP contribution is -2.24. The lowest BCUT2D eigenvalue weighted by molar-refractivity contribution is -0.125. The van der Waals surface area contributed by atoms with Gasteiger partial charge in [-0.2, -0.15) is 14.0 Å². The van der Waals surface area contributed by atoms with Gasteiger partial charge in [0.1, 0.15) is 11.8 Å². The average molecular weight is 402 g/mol. The van der Waals surface area contributed by atoms with E-state index in [1.165, 1.54) is 24.2 Å². The Kier molecular flexibility index (Phi) is 7.98. The monoisotopic (exact) mass is 402 g/mol. The number of nitrogens with zero attached hydrogens (tertiary/aromatic N) is 2. The Balaban J connectivity index is 1.98. The van der Waals surface area contributed by atoms with Crippen LogP contribution in [0.25, 0.3) is 6.08 Å². The van der Waals surface area contributed by atoms with Crippen molar-refractivity contribution in [2.75, 3.05) is 20.8 Å². The van der Waals surface area contributed by atoms with Crippen LogP contribution in [-0.2, 0) is 11.3 Å². The Labute approximate surface area is 167 Å². The molecule has 0 aliphatic carbocycles. The average Bonchev–Trinajstić information content (AvgIpc) is 2.71. The second kappa shape index (κ2) is 10.7. The molecule has 1 amide bonds. The van der Waals surface area contributed by atoms with Crippen LogP contribution in [0, 0.1) is 11.3 Å². The van der Waals surface area contributed by atoms with Crippen molar-refractivity contribution in [1.29, 1.82) is 5.26 Å². The molecule has 2 aromatic carbocycles. The molecule has 0 aromatic heterocycles. The Morgan fingerprint density at radius 1 is 1.21 bits per heavy atom. The number of nitriles is 1. The maximum atomic E-state index is 12.4. The number of hydrogen-bond acceptors (Lipinski definition) is 5. The first kappa shape index (κ1) is 21.7. The zero-order chi connectivity index (χ0) is 21.2. The largest absolute Gasteiger partial charge is 0.493 e. The van der Waals surface area contributed by atoms with Gasteiger partial charge in [-0.1, -0.05) is 18.2 Å². The van der Waals surface area contributed by atoms with Gasteiger partial charge in [-0.25, -0.2) is 0 Å². The molecule has 152 valence electrons. The Morgan fingerprint density at radius 2 is 1.93 bits per heavy atom. The molecule has 8 heteroatoms. The first-order chi connectivity index (χ1) is 13.9. The molecule has 0 atom stereocenters. The molecule has 29 heavy (non-hydrogen) atoms. The number of alkyl halides is 2. The summed E-state index contributed by atoms with van der Waals surface area (Å²) in [6, 6.07) is 13.4. The minimum absolute atomic E-state index is 0.0293. The van der Waals surface area contributed by atoms with Crippen LogP contribution in [0.2, 0.25) is 0 Å². The molecule has 0 saturated carbocycles. The fourth-order valence-corrected chi connectivity index (χ4v) is 2.44. The smallest absolute Gasteiger partial charge is 0.387 e. The van der Waals surface area contributed by atoms with Gasteiger partial charge in [0.05, 0.1) is 7.11 Å². The second-order valence-electron chi connectivity index (χ2n) is 5.91. The van der Waals surface area contributed by atoms with E-state index >= 15 is 0 Å². The normalized spacial score (nSPS) is 10.6. The zero-order valence-corrected chi connectivity index (χ0v) is 16.0. The Bertz CT molecular complexity index is 893. The molecule has 0 unspecified atom stereocenters. The number of halogens is 2. The molecule has 0 saturated heterocycles. The van der Waals surface area contributed by atoms with Crippen LogP contribution in [-0.4, -0.2) is 38.2 Å². The number of carbonyl (C=O) groups excluding carboxylic acids is 1. The number of methoxy groups -OCH3 is 1. The van der Waals surface area contributed by atoms with Crippen molar-refractivity contribution in [2.45, 2.75) is 13.2 Å². The number of benzene rings is 2. The lowest BCUT2D eigenvalue weighted by Gasteiger charge is -2.17. The Morgan fingerprint density at radius 3 is 2.55 bits per heavy atom. The van der Waals surface area contributed by atoms with Crippen molar-refractivity contribution < 1.29 is 27.8 Å². The first-order valence-corrected chi connectivity index (χ1v) is 8.57. The van der Waals surface area contributed by atoms with Gasteiger partial charge >= 0.3 is 6.61 Å². The van der Waals surface area contributed by atoms with Crippen molar-refractivity contribution in [3.05, 3.63) is 59.7 Å². The van der Waals surface area contributed by atoms with E-state index < -0.39 is 6.61 Å². The summed E-state index contributed by atoms with van der Waals surface area (Å²) in [7, 11) is 2.98. The van der Waals surface area contributed by atoms with Crippen molar-refractivity contribution in [3.8, 4) is 23.3 Å². The molecule has 0 aliphatic heterocycles. The molecular weight excluding hydrogens is 382 g/mol. The van der Waals surface area contributed by atoms with Crippen molar-refractivity contribution >= 4 is 12.0 Å². The third-order valence-corrected chi connectivity index (χ3v) is 3.84. The van der Waals surface area contributed by atoms with Crippen molar-refractivity contribution in [3.63, 3.8) is 0 Å². The highest BCUT2D eigenvalue weighted by atomic mass is 19.3. The van der Waals surface area contributed by atoms with Crippen LogP contribution in [0.5, 0.6) is 17.2 Å². The van der Waals surface area contributed by atoms with Crippen LogP contribution in [0.3, 0.4) is 0 Å². The van der Waals surface area contributed by atoms with Crippen LogP contribution >= 0.6 is 0 Å². The third kappa shape index (κ3) is 6.81. The Hall–Kier alpha value is -3.60. The zero-order valence-electron chi connectivity index (χ0n) is 16.0. The summed E-state index contributed by atoms with van der Waals surface area (Å²) < 4.78 is 39.4. The van der Waals surface area contributed by atoms with E-state index in [0.717, 1.165) is 5.56 Å². The lowest BCUT2D eigenvalue weighted by atomic mass is 10.1. The summed E-state index contributed by atoms with van der Waals surface area (Å²) >= 11 is 0. The van der Waals surface area contributed by atoms with Gasteiger partial charge in [0.15, 0.2) is 18.1 Å². The number of carbonyl (C=O) groups is 1. The quantitative estimate of drug-likeness (QED) is 0.596. The molecule has 2 aromatic rings. The molecular formula is C21H20F2N2O4. The number of rotatable bonds is 9. The van der Waals surface area contributed by atoms with Gasteiger partial charge < -0.3 is 19.1 Å². The van der Waals surface area contributed by atoms with Crippen molar-refractivity contribution in [2.24, 2.45) is 0 Å². The number of ether oxygens (including phenoxy) is 3. The van der Waals surface area contributed by atoms with Crippen molar-refractivity contribution in [1.82, 2.24) is 4.90 Å². The van der Waals surface area contributed by atoms with Gasteiger partial charge in [-0.15, -0.1) is 0 Å². The van der Waals surface area contributed by atoms with Gasteiger partial charge in [-0.3, -0.25) is 4.79 Å². The van der Waals surface area contributed by atoms with E-state index in [4.69, 9.17) is 14.7 Å². The molecule has 0 bridgehead atoms. The van der Waals surface area contributed by atoms with Gasteiger partial charge in [0.25, 0.3) is 0 Å². The predicted molar refractivity (Wildman–Crippen MR) is 103 cm³/mol. The summed E-state index contributed by atoms with van der Waals surface area (Å²) in [6.07, 6.45) is 3.09. The summed E-state index contributed by atoms with van der Waals surface area (Å²) in [5, 5.41) is 8.49. The SMILES string of the molecule is COc1cc(CN(C)C(=O)/C=C/c2ccc(OCC#N)cc2)ccc1OC(F)F. The highest BCUT2D eigenvalue weighted by molar-refractivity contribution is 5.91. The number of hydrogen-bond donors (Lipinski definition) is 0. The summed E-state index contributed by atoms with van der Waals surface area (Å²) in [5.74, 6) is 0.433. The van der Waals surface area contributed by atoms with Crippen LogP contribution in [0.1, 0.15) is 11.1 Å². The van der Waals surface area contributed by atoms with E-state index in [9.17, 15) is 13.6 Å². The molecule has 0 fully saturated rings. The third-order valence-electron chi connectivity index (χ3n) is 3.84. The molecule has 6 nitrogen and oxygen atoms in total. The number of amides is 1. The van der Waals surface area contributed by atoms with Gasteiger partial charge in [0, 0.05) is 19.7 Å². The van der Waals surface area contributed by atoms with E-state index in [2.05, 4.69) is 4.74 Å². The van der Waals surface area contributed by atoms with Crippen LogP contribution in [0.4, 0.5) is 8.78 Å². The molecule has 0 radical (unpaired) electrons. The highest BCUT2D eigenvalue weighted by Crippen LogP contribution is 2.29. The van der Waals surface area contributed by atoms with E-state index in [1.807, 2.05) is 6.07 Å². The van der Waals surface area contributed by atoms with Crippen LogP contribution in [0.15, 0.2) is 48.5 Å². The molecule has 0 N–H and O–H groups in total. The van der Waals surface area contributed by atoms with Crippen LogP contribution < -0.4 is 14.2 Å². The fraction of sp³-hybridized carbons (Fsp3) is 0.238. The topological polar surface area (TPSA) is 71.8 Å². The maximum absolute atomic E-state index is 12.4. The van der Waals surface area contributed by atoms with E-state index in [-0.39, 0.29) is 30.6 Å². The minimum atomic E-state index is -2.95. The molecule has 0 heterocycles. The summed E-state index contributed by atoms with van der Waals surface area (Å²) in [5.41, 5.74) is 1.50.